The van der Waals surface area contributed by atoms with Crippen LogP contribution in [0.1, 0.15) is 11.5 Å². The highest BCUT2D eigenvalue weighted by molar-refractivity contribution is 5.34. The van der Waals surface area contributed by atoms with E-state index in [1.807, 2.05) is 30.7 Å². The molecule has 6 heteroatoms. The van der Waals surface area contributed by atoms with Gasteiger partial charge in [-0.05, 0) is 13.8 Å². The summed E-state index contributed by atoms with van der Waals surface area (Å²) in [5.41, 5.74) is 3.28. The van der Waals surface area contributed by atoms with E-state index in [2.05, 4.69) is 20.4 Å². The molecule has 0 aliphatic carbocycles. The molecule has 0 aliphatic heterocycles. The van der Waals surface area contributed by atoms with Crippen molar-refractivity contribution in [2.24, 2.45) is 5.84 Å². The number of aryl methyl sites for hydroxylation is 2. The normalized spacial score (nSPS) is 10.3. The van der Waals surface area contributed by atoms with E-state index in [1.165, 1.54) is 0 Å². The summed E-state index contributed by atoms with van der Waals surface area (Å²) in [4.78, 5) is 12.5. The Morgan fingerprint density at radius 3 is 2.73 bits per heavy atom. The van der Waals surface area contributed by atoms with Crippen LogP contribution in [0.25, 0.3) is 5.82 Å². The molecule has 0 aliphatic rings. The summed E-state index contributed by atoms with van der Waals surface area (Å²) >= 11 is 0. The van der Waals surface area contributed by atoms with Crippen LogP contribution in [0.4, 0.5) is 5.95 Å². The van der Waals surface area contributed by atoms with E-state index >= 15 is 0 Å². The molecule has 6 nitrogen and oxygen atoms in total. The van der Waals surface area contributed by atoms with Gasteiger partial charge in [0, 0.05) is 24.2 Å². The summed E-state index contributed by atoms with van der Waals surface area (Å²) in [5, 5.41) is 0. The first kappa shape index (κ1) is 9.60. The van der Waals surface area contributed by atoms with Crippen molar-refractivity contribution in [3.63, 3.8) is 0 Å². The quantitative estimate of drug-likeness (QED) is 0.552. The maximum atomic E-state index is 5.28. The molecule has 0 amide bonds. The molecular weight excluding hydrogens is 192 g/mol. The summed E-state index contributed by atoms with van der Waals surface area (Å²) in [5.74, 6) is 7.31. The SMILES string of the molecule is Cc1cc(-n2ccnc2C)nc(NN)n1. The zero-order chi connectivity index (χ0) is 10.8. The highest BCUT2D eigenvalue weighted by Crippen LogP contribution is 2.10. The van der Waals surface area contributed by atoms with Crippen molar-refractivity contribution < 1.29 is 0 Å². The highest BCUT2D eigenvalue weighted by Gasteiger charge is 2.04. The molecule has 78 valence electrons. The van der Waals surface area contributed by atoms with Gasteiger partial charge in [0.15, 0.2) is 0 Å². The number of hydrogen-bond acceptors (Lipinski definition) is 5. The molecule has 2 aromatic rings. The van der Waals surface area contributed by atoms with Crippen LogP contribution in [0.5, 0.6) is 0 Å². The number of nitrogens with two attached hydrogens (primary N) is 1. The second-order valence-electron chi connectivity index (χ2n) is 3.18. The zero-order valence-electron chi connectivity index (χ0n) is 8.60. The first-order valence-electron chi connectivity index (χ1n) is 4.53. The standard InChI is InChI=1S/C9H12N6/c1-6-5-8(13-9(12-6)14-10)15-4-3-11-7(15)2/h3-5H,10H2,1-2H3,(H,12,13,14). The van der Waals surface area contributed by atoms with Crippen LogP contribution in [0, 0.1) is 13.8 Å². The van der Waals surface area contributed by atoms with Crippen LogP contribution in [0.2, 0.25) is 0 Å². The fraction of sp³-hybridized carbons (Fsp3) is 0.222. The van der Waals surface area contributed by atoms with Crippen molar-refractivity contribution in [1.29, 1.82) is 0 Å². The molecular formula is C9H12N6. The average molecular weight is 204 g/mol. The Hall–Kier alpha value is -1.95. The number of anilines is 1. The van der Waals surface area contributed by atoms with Crippen molar-refractivity contribution >= 4 is 5.95 Å². The first-order chi connectivity index (χ1) is 7.20. The number of rotatable bonds is 2. The third kappa shape index (κ3) is 1.79. The van der Waals surface area contributed by atoms with Crippen molar-refractivity contribution in [3.8, 4) is 5.82 Å². The van der Waals surface area contributed by atoms with Gasteiger partial charge in [-0.15, -0.1) is 0 Å². The highest BCUT2D eigenvalue weighted by atomic mass is 15.3. The van der Waals surface area contributed by atoms with E-state index in [9.17, 15) is 0 Å². The van der Waals surface area contributed by atoms with E-state index in [1.54, 1.807) is 6.20 Å². The molecule has 0 atom stereocenters. The molecule has 3 N–H and O–H groups in total. The zero-order valence-corrected chi connectivity index (χ0v) is 8.60. The molecule has 2 rings (SSSR count). The van der Waals surface area contributed by atoms with E-state index < -0.39 is 0 Å². The first-order valence-corrected chi connectivity index (χ1v) is 4.53. The van der Waals surface area contributed by atoms with Crippen molar-refractivity contribution in [2.75, 3.05) is 5.43 Å². The number of aromatic nitrogens is 4. The lowest BCUT2D eigenvalue weighted by molar-refractivity contribution is 0.910. The van der Waals surface area contributed by atoms with Gasteiger partial charge in [0.1, 0.15) is 11.6 Å². The predicted octanol–water partition coefficient (Wildman–Crippen LogP) is 0.565. The summed E-state index contributed by atoms with van der Waals surface area (Å²) in [6.07, 6.45) is 3.57. The molecule has 0 unspecified atom stereocenters. The Morgan fingerprint density at radius 1 is 1.33 bits per heavy atom. The summed E-state index contributed by atoms with van der Waals surface area (Å²) in [6, 6.07) is 1.87. The second kappa shape index (κ2) is 3.66. The Balaban J connectivity index is 2.53. The van der Waals surface area contributed by atoms with Crippen molar-refractivity contribution in [3.05, 3.63) is 30.0 Å². The van der Waals surface area contributed by atoms with Crippen LogP contribution in [0.15, 0.2) is 18.5 Å². The fourth-order valence-electron chi connectivity index (χ4n) is 1.36. The third-order valence-electron chi connectivity index (χ3n) is 2.04. The van der Waals surface area contributed by atoms with Gasteiger partial charge in [-0.3, -0.25) is 9.99 Å². The van der Waals surface area contributed by atoms with Crippen LogP contribution in [-0.2, 0) is 0 Å². The molecule has 2 heterocycles. The van der Waals surface area contributed by atoms with E-state index in [-0.39, 0.29) is 0 Å². The Bertz CT molecular complexity index is 475. The fourth-order valence-corrected chi connectivity index (χ4v) is 1.36. The maximum Gasteiger partial charge on any atom is 0.239 e. The Labute approximate surface area is 87.2 Å². The number of hydrazine groups is 1. The maximum absolute atomic E-state index is 5.28. The Kier molecular flexibility index (Phi) is 2.34. The second-order valence-corrected chi connectivity index (χ2v) is 3.18. The number of imidazole rings is 1. The number of nitrogens with zero attached hydrogens (tertiary/aromatic N) is 4. The minimum atomic E-state index is 0.401. The van der Waals surface area contributed by atoms with Crippen molar-refractivity contribution in [2.45, 2.75) is 13.8 Å². The van der Waals surface area contributed by atoms with Gasteiger partial charge >= 0.3 is 0 Å². The van der Waals surface area contributed by atoms with Crippen molar-refractivity contribution in [1.82, 2.24) is 19.5 Å². The molecule has 15 heavy (non-hydrogen) atoms. The largest absolute Gasteiger partial charge is 0.292 e. The number of nitrogens with one attached hydrogen (secondary N) is 1. The summed E-state index contributed by atoms with van der Waals surface area (Å²) in [7, 11) is 0. The molecule has 0 aromatic carbocycles. The van der Waals surface area contributed by atoms with Gasteiger partial charge in [-0.25, -0.2) is 15.8 Å². The van der Waals surface area contributed by atoms with Gasteiger partial charge in [-0.2, -0.15) is 4.98 Å². The Morgan fingerprint density at radius 2 is 2.13 bits per heavy atom. The van der Waals surface area contributed by atoms with E-state index in [4.69, 9.17) is 5.84 Å². The van der Waals surface area contributed by atoms with Crippen LogP contribution < -0.4 is 11.3 Å². The predicted molar refractivity (Wildman–Crippen MR) is 56.4 cm³/mol. The summed E-state index contributed by atoms with van der Waals surface area (Å²) in [6.45, 7) is 3.80. The molecule has 0 saturated heterocycles. The van der Waals surface area contributed by atoms with Crippen LogP contribution >= 0.6 is 0 Å². The minimum Gasteiger partial charge on any atom is -0.292 e. The number of hydrogen-bond donors (Lipinski definition) is 2. The lowest BCUT2D eigenvalue weighted by atomic mass is 10.4. The van der Waals surface area contributed by atoms with Gasteiger partial charge in [0.25, 0.3) is 0 Å². The van der Waals surface area contributed by atoms with Gasteiger partial charge < -0.3 is 0 Å². The molecule has 0 radical (unpaired) electrons. The molecule has 0 fully saturated rings. The van der Waals surface area contributed by atoms with E-state index in [0.717, 1.165) is 17.3 Å². The van der Waals surface area contributed by atoms with Crippen LogP contribution in [-0.4, -0.2) is 19.5 Å². The lowest BCUT2D eigenvalue weighted by Gasteiger charge is -2.06. The molecule has 0 saturated carbocycles. The lowest BCUT2D eigenvalue weighted by Crippen LogP contribution is -2.12. The molecule has 0 spiro atoms. The smallest absolute Gasteiger partial charge is 0.239 e. The van der Waals surface area contributed by atoms with Gasteiger partial charge in [0.05, 0.1) is 0 Å². The van der Waals surface area contributed by atoms with E-state index in [0.29, 0.717) is 5.95 Å². The van der Waals surface area contributed by atoms with Gasteiger partial charge in [-0.1, -0.05) is 0 Å². The van der Waals surface area contributed by atoms with Gasteiger partial charge in [0.2, 0.25) is 5.95 Å². The minimum absolute atomic E-state index is 0.401. The third-order valence-corrected chi connectivity index (χ3v) is 2.04. The molecule has 2 aromatic heterocycles. The summed E-state index contributed by atoms with van der Waals surface area (Å²) < 4.78 is 1.87. The number of nitrogen functional groups attached to an aromatic ring is 1. The molecule has 0 bridgehead atoms. The van der Waals surface area contributed by atoms with Crippen LogP contribution in [0.3, 0.4) is 0 Å². The monoisotopic (exact) mass is 204 g/mol. The average Bonchev–Trinajstić information content (AvgIpc) is 2.63. The topological polar surface area (TPSA) is 81.7 Å².